The van der Waals surface area contributed by atoms with Crippen molar-refractivity contribution >= 4 is 18.2 Å². The second-order valence-electron chi connectivity index (χ2n) is 4.16. The number of hydrazone groups is 1. The summed E-state index contributed by atoms with van der Waals surface area (Å²) in [5, 5.41) is 3.82. The predicted octanol–water partition coefficient (Wildman–Crippen LogP) is 2.44. The van der Waals surface area contributed by atoms with E-state index in [1.807, 2.05) is 6.07 Å². The number of hydrogen-bond donors (Lipinski definition) is 1. The molecule has 0 spiro atoms. The summed E-state index contributed by atoms with van der Waals surface area (Å²) < 4.78 is 15.5. The standard InChI is InChI=1S/C15H12N2O4/c18-15(11-5-6-13-14(9-11)21-10-20-13)17-16-7-1-3-12-4-2-8-19-12/h1-9H,10H2,(H,17,18)/b3-1+,16-7?. The van der Waals surface area contributed by atoms with Gasteiger partial charge in [-0.1, -0.05) is 0 Å². The Labute approximate surface area is 120 Å². The highest BCUT2D eigenvalue weighted by molar-refractivity contribution is 5.95. The molecule has 0 radical (unpaired) electrons. The predicted molar refractivity (Wildman–Crippen MR) is 76.3 cm³/mol. The number of fused-ring (bicyclic) bond motifs is 1. The fourth-order valence-corrected chi connectivity index (χ4v) is 1.77. The zero-order valence-corrected chi connectivity index (χ0v) is 11.0. The SMILES string of the molecule is O=C(NN=C/C=C/c1ccco1)c1ccc2c(c1)OCO2. The number of nitrogens with one attached hydrogen (secondary N) is 1. The van der Waals surface area contributed by atoms with Gasteiger partial charge in [0, 0.05) is 11.8 Å². The van der Waals surface area contributed by atoms with Crippen LogP contribution in [0.2, 0.25) is 0 Å². The molecule has 1 aromatic carbocycles. The Morgan fingerprint density at radius 3 is 3.00 bits per heavy atom. The van der Waals surface area contributed by atoms with Gasteiger partial charge in [0.2, 0.25) is 6.79 Å². The second-order valence-corrected chi connectivity index (χ2v) is 4.16. The summed E-state index contributed by atoms with van der Waals surface area (Å²) in [5.74, 6) is 1.58. The lowest BCUT2D eigenvalue weighted by Crippen LogP contribution is -2.17. The van der Waals surface area contributed by atoms with Gasteiger partial charge in [-0.05, 0) is 42.5 Å². The summed E-state index contributed by atoms with van der Waals surface area (Å²) in [5.41, 5.74) is 2.87. The third-order valence-corrected chi connectivity index (χ3v) is 2.77. The molecule has 1 N–H and O–H groups in total. The topological polar surface area (TPSA) is 73.1 Å². The van der Waals surface area contributed by atoms with Crippen LogP contribution in [-0.4, -0.2) is 18.9 Å². The van der Waals surface area contributed by atoms with Gasteiger partial charge in [-0.3, -0.25) is 4.79 Å². The van der Waals surface area contributed by atoms with Gasteiger partial charge in [-0.15, -0.1) is 0 Å². The molecule has 106 valence electrons. The molecule has 6 heteroatoms. The Balaban J connectivity index is 1.56. The van der Waals surface area contributed by atoms with Gasteiger partial charge in [0.05, 0.1) is 6.26 Å². The van der Waals surface area contributed by atoms with E-state index in [9.17, 15) is 4.79 Å². The normalized spacial score (nSPS) is 13.1. The zero-order chi connectivity index (χ0) is 14.5. The summed E-state index contributed by atoms with van der Waals surface area (Å²) in [7, 11) is 0. The molecule has 2 aromatic rings. The Morgan fingerprint density at radius 2 is 2.14 bits per heavy atom. The summed E-state index contributed by atoms with van der Waals surface area (Å²) in [6, 6.07) is 8.56. The van der Waals surface area contributed by atoms with Gasteiger partial charge in [0.1, 0.15) is 5.76 Å². The fraction of sp³-hybridized carbons (Fsp3) is 0.0667. The summed E-state index contributed by atoms with van der Waals surface area (Å²) >= 11 is 0. The molecule has 0 atom stereocenters. The molecule has 1 aromatic heterocycles. The lowest BCUT2D eigenvalue weighted by atomic mass is 10.2. The molecular weight excluding hydrogens is 272 g/mol. The lowest BCUT2D eigenvalue weighted by molar-refractivity contribution is 0.0954. The first-order valence-corrected chi connectivity index (χ1v) is 6.26. The monoisotopic (exact) mass is 284 g/mol. The minimum Gasteiger partial charge on any atom is -0.465 e. The van der Waals surface area contributed by atoms with Crippen molar-refractivity contribution in [2.75, 3.05) is 6.79 Å². The van der Waals surface area contributed by atoms with Crippen molar-refractivity contribution in [3.63, 3.8) is 0 Å². The average molecular weight is 284 g/mol. The van der Waals surface area contributed by atoms with E-state index in [2.05, 4.69) is 10.5 Å². The molecule has 0 bridgehead atoms. The molecule has 0 aliphatic carbocycles. The van der Waals surface area contributed by atoms with Gasteiger partial charge in [0.15, 0.2) is 11.5 Å². The first-order chi connectivity index (χ1) is 10.3. The van der Waals surface area contributed by atoms with Crippen molar-refractivity contribution in [2.24, 2.45) is 5.10 Å². The van der Waals surface area contributed by atoms with Crippen LogP contribution in [-0.2, 0) is 0 Å². The van der Waals surface area contributed by atoms with Crippen LogP contribution in [0.5, 0.6) is 11.5 Å². The Morgan fingerprint density at radius 1 is 1.24 bits per heavy atom. The van der Waals surface area contributed by atoms with Crippen molar-refractivity contribution in [3.05, 3.63) is 54.0 Å². The number of carbonyl (C=O) groups is 1. The number of allylic oxidation sites excluding steroid dienone is 1. The molecule has 1 amide bonds. The van der Waals surface area contributed by atoms with Crippen molar-refractivity contribution in [3.8, 4) is 11.5 Å². The van der Waals surface area contributed by atoms with Gasteiger partial charge < -0.3 is 13.9 Å². The molecule has 2 heterocycles. The van der Waals surface area contributed by atoms with E-state index in [-0.39, 0.29) is 12.7 Å². The average Bonchev–Trinajstić information content (AvgIpc) is 3.17. The number of ether oxygens (including phenoxy) is 2. The molecule has 0 unspecified atom stereocenters. The van der Waals surface area contributed by atoms with Crippen LogP contribution >= 0.6 is 0 Å². The van der Waals surface area contributed by atoms with Crippen LogP contribution in [0.1, 0.15) is 16.1 Å². The second kappa shape index (κ2) is 5.96. The van der Waals surface area contributed by atoms with Crippen LogP contribution in [0.4, 0.5) is 0 Å². The van der Waals surface area contributed by atoms with Gasteiger partial charge in [0.25, 0.3) is 5.91 Å². The maximum absolute atomic E-state index is 11.9. The third kappa shape index (κ3) is 3.11. The van der Waals surface area contributed by atoms with E-state index in [1.54, 1.807) is 42.7 Å². The highest BCUT2D eigenvalue weighted by Crippen LogP contribution is 2.32. The third-order valence-electron chi connectivity index (χ3n) is 2.77. The molecule has 6 nitrogen and oxygen atoms in total. The molecule has 21 heavy (non-hydrogen) atoms. The zero-order valence-electron chi connectivity index (χ0n) is 11.0. The van der Waals surface area contributed by atoms with Crippen LogP contribution in [0.15, 0.2) is 52.2 Å². The molecule has 0 fully saturated rings. The van der Waals surface area contributed by atoms with Crippen molar-refractivity contribution in [1.82, 2.24) is 5.43 Å². The van der Waals surface area contributed by atoms with Crippen LogP contribution in [0.3, 0.4) is 0 Å². The van der Waals surface area contributed by atoms with E-state index in [0.29, 0.717) is 22.8 Å². The first kappa shape index (κ1) is 13.0. The van der Waals surface area contributed by atoms with E-state index in [0.717, 1.165) is 0 Å². The minimum atomic E-state index is -0.323. The highest BCUT2D eigenvalue weighted by atomic mass is 16.7. The molecule has 1 aliphatic rings. The molecule has 0 saturated carbocycles. The highest BCUT2D eigenvalue weighted by Gasteiger charge is 2.15. The molecule has 1 aliphatic heterocycles. The van der Waals surface area contributed by atoms with Crippen LogP contribution < -0.4 is 14.9 Å². The Bertz CT molecular complexity index is 690. The minimum absolute atomic E-state index is 0.177. The Hall–Kier alpha value is -3.02. The number of nitrogens with zero attached hydrogens (tertiary/aromatic N) is 1. The maximum Gasteiger partial charge on any atom is 0.271 e. The number of carbonyl (C=O) groups excluding carboxylic acids is 1. The van der Waals surface area contributed by atoms with Crippen LogP contribution in [0, 0.1) is 0 Å². The first-order valence-electron chi connectivity index (χ1n) is 6.26. The quantitative estimate of drug-likeness (QED) is 0.691. The maximum atomic E-state index is 11.9. The van der Waals surface area contributed by atoms with E-state index < -0.39 is 0 Å². The van der Waals surface area contributed by atoms with Gasteiger partial charge in [-0.25, -0.2) is 5.43 Å². The van der Waals surface area contributed by atoms with E-state index in [4.69, 9.17) is 13.9 Å². The van der Waals surface area contributed by atoms with Gasteiger partial charge >= 0.3 is 0 Å². The number of hydrogen-bond acceptors (Lipinski definition) is 5. The van der Waals surface area contributed by atoms with Crippen LogP contribution in [0.25, 0.3) is 6.08 Å². The fourth-order valence-electron chi connectivity index (χ4n) is 1.77. The van der Waals surface area contributed by atoms with Crippen molar-refractivity contribution in [1.29, 1.82) is 0 Å². The molecule has 0 saturated heterocycles. The summed E-state index contributed by atoms with van der Waals surface area (Å²) in [6.45, 7) is 0.177. The molecular formula is C15H12N2O4. The largest absolute Gasteiger partial charge is 0.465 e. The molecule has 3 rings (SSSR count). The number of benzene rings is 1. The lowest BCUT2D eigenvalue weighted by Gasteiger charge is -2.01. The summed E-state index contributed by atoms with van der Waals surface area (Å²) in [6.07, 6.45) is 6.45. The van der Waals surface area contributed by atoms with Crippen molar-refractivity contribution in [2.45, 2.75) is 0 Å². The van der Waals surface area contributed by atoms with E-state index in [1.165, 1.54) is 6.21 Å². The summed E-state index contributed by atoms with van der Waals surface area (Å²) in [4.78, 5) is 11.9. The number of amides is 1. The smallest absolute Gasteiger partial charge is 0.271 e. The number of furan rings is 1. The Kier molecular flexibility index (Phi) is 3.68. The number of rotatable bonds is 4. The van der Waals surface area contributed by atoms with E-state index >= 15 is 0 Å². The van der Waals surface area contributed by atoms with Crippen molar-refractivity contribution < 1.29 is 18.7 Å². The van der Waals surface area contributed by atoms with Gasteiger partial charge in [-0.2, -0.15) is 5.10 Å².